The quantitative estimate of drug-likeness (QED) is 0.302. The highest BCUT2D eigenvalue weighted by Crippen LogP contribution is 2.30. The van der Waals surface area contributed by atoms with Gasteiger partial charge < -0.3 is 10.2 Å². The second kappa shape index (κ2) is 11.0. The number of rotatable bonds is 6. The van der Waals surface area contributed by atoms with Gasteiger partial charge >= 0.3 is 0 Å². The van der Waals surface area contributed by atoms with E-state index in [0.717, 1.165) is 59.4 Å². The molecule has 2 atom stereocenters. The first-order chi connectivity index (χ1) is 17.7. The van der Waals surface area contributed by atoms with E-state index in [-0.39, 0.29) is 23.6 Å². The maximum absolute atomic E-state index is 10.7. The number of para-hydroxylation sites is 2. The van der Waals surface area contributed by atoms with Gasteiger partial charge in [0.05, 0.1) is 23.5 Å². The maximum atomic E-state index is 10.7. The maximum Gasteiger partial charge on any atom is 0.124 e. The zero-order valence-electron chi connectivity index (χ0n) is 20.2. The zero-order chi connectivity index (χ0) is 24.7. The molecule has 180 valence electrons. The number of hydrogen-bond acceptors (Lipinski definition) is 4. The van der Waals surface area contributed by atoms with Gasteiger partial charge in [0.1, 0.15) is 11.5 Å². The Balaban J connectivity index is 1.62. The van der Waals surface area contributed by atoms with Crippen LogP contribution in [0.5, 0.6) is 11.5 Å². The average Bonchev–Trinajstić information content (AvgIpc) is 2.93. The van der Waals surface area contributed by atoms with Gasteiger partial charge in [-0.05, 0) is 37.1 Å². The van der Waals surface area contributed by atoms with Gasteiger partial charge in [-0.3, -0.25) is 9.98 Å². The van der Waals surface area contributed by atoms with Crippen molar-refractivity contribution >= 4 is 11.4 Å². The molecule has 2 N–H and O–H groups in total. The molecule has 4 nitrogen and oxygen atoms in total. The highest BCUT2D eigenvalue weighted by molar-refractivity contribution is 6.15. The van der Waals surface area contributed by atoms with Crippen LogP contribution >= 0.6 is 0 Å². The van der Waals surface area contributed by atoms with Crippen LogP contribution in [0, 0.1) is 0 Å². The summed E-state index contributed by atoms with van der Waals surface area (Å²) in [6, 6.07) is 34.7. The van der Waals surface area contributed by atoms with Crippen molar-refractivity contribution in [3.05, 3.63) is 131 Å². The number of phenolic OH excluding ortho intramolecular Hbond substituents is 2. The van der Waals surface area contributed by atoms with Crippen LogP contribution in [0.1, 0.15) is 47.9 Å². The molecule has 0 radical (unpaired) electrons. The second-order valence-corrected chi connectivity index (χ2v) is 9.14. The average molecular weight is 475 g/mol. The van der Waals surface area contributed by atoms with E-state index in [1.54, 1.807) is 12.1 Å². The van der Waals surface area contributed by atoms with Gasteiger partial charge in [-0.1, -0.05) is 97.8 Å². The standard InChI is InChI=1S/C32H30N2O2/c35-29-21-11-7-17-25(29)31(23-13-3-1-4-14-23)33-27-19-9-10-20-28(27)34-32(24-15-5-2-6-16-24)26-18-8-12-22-30(26)36/h1-8,11-18,21-22,27-28,35-36H,9-10,19-20H2/t27-,28-/m1/s1. The molecule has 1 saturated carbocycles. The van der Waals surface area contributed by atoms with Crippen molar-refractivity contribution in [3.63, 3.8) is 0 Å². The highest BCUT2D eigenvalue weighted by Gasteiger charge is 2.27. The topological polar surface area (TPSA) is 65.2 Å². The van der Waals surface area contributed by atoms with Gasteiger partial charge in [0, 0.05) is 22.3 Å². The molecule has 0 amide bonds. The van der Waals surface area contributed by atoms with Crippen LogP contribution < -0.4 is 0 Å². The van der Waals surface area contributed by atoms with Crippen molar-refractivity contribution in [1.82, 2.24) is 0 Å². The lowest BCUT2D eigenvalue weighted by molar-refractivity contribution is 0.388. The molecule has 1 aliphatic carbocycles. The lowest BCUT2D eigenvalue weighted by Gasteiger charge is -2.28. The fourth-order valence-electron chi connectivity index (χ4n) is 4.86. The molecule has 36 heavy (non-hydrogen) atoms. The first-order valence-electron chi connectivity index (χ1n) is 12.5. The third-order valence-corrected chi connectivity index (χ3v) is 6.70. The normalized spacial score (nSPS) is 18.7. The van der Waals surface area contributed by atoms with E-state index in [2.05, 4.69) is 0 Å². The van der Waals surface area contributed by atoms with Crippen LogP contribution in [-0.4, -0.2) is 33.7 Å². The van der Waals surface area contributed by atoms with E-state index in [0.29, 0.717) is 0 Å². The highest BCUT2D eigenvalue weighted by atomic mass is 16.3. The summed E-state index contributed by atoms with van der Waals surface area (Å²) in [4.78, 5) is 10.5. The molecule has 4 aromatic rings. The minimum atomic E-state index is -0.0434. The van der Waals surface area contributed by atoms with Gasteiger partial charge in [-0.2, -0.15) is 0 Å². The number of nitrogens with zero attached hydrogens (tertiary/aromatic N) is 2. The molecule has 0 unspecified atom stereocenters. The SMILES string of the molecule is Oc1ccccc1C(=N[C@@H]1CCCC[C@H]1N=C(c1ccccc1)c1ccccc1O)c1ccccc1. The van der Waals surface area contributed by atoms with E-state index in [4.69, 9.17) is 9.98 Å². The number of benzene rings is 4. The predicted molar refractivity (Wildman–Crippen MR) is 146 cm³/mol. The lowest BCUT2D eigenvalue weighted by atomic mass is 9.89. The fourth-order valence-corrected chi connectivity index (χ4v) is 4.86. The van der Waals surface area contributed by atoms with Crippen LogP contribution in [0.3, 0.4) is 0 Å². The molecule has 5 rings (SSSR count). The Hall–Kier alpha value is -4.18. The Morgan fingerprint density at radius 3 is 1.25 bits per heavy atom. The molecule has 0 saturated heterocycles. The van der Waals surface area contributed by atoms with E-state index in [1.807, 2.05) is 97.1 Å². The molecule has 0 bridgehead atoms. The number of aromatic hydroxyl groups is 2. The molecule has 0 aliphatic heterocycles. The molecular weight excluding hydrogens is 444 g/mol. The van der Waals surface area contributed by atoms with Gasteiger partial charge in [0.25, 0.3) is 0 Å². The molecule has 0 heterocycles. The van der Waals surface area contributed by atoms with Gasteiger partial charge in [0.2, 0.25) is 0 Å². The fraction of sp³-hybridized carbons (Fsp3) is 0.188. The summed E-state index contributed by atoms with van der Waals surface area (Å²) in [5.41, 5.74) is 4.95. The number of aliphatic imine (C=N–C) groups is 2. The smallest absolute Gasteiger partial charge is 0.124 e. The third-order valence-electron chi connectivity index (χ3n) is 6.70. The van der Waals surface area contributed by atoms with Crippen molar-refractivity contribution in [2.24, 2.45) is 9.98 Å². The number of phenols is 2. The van der Waals surface area contributed by atoms with E-state index < -0.39 is 0 Å². The molecule has 0 aromatic heterocycles. The predicted octanol–water partition coefficient (Wildman–Crippen LogP) is 6.78. The van der Waals surface area contributed by atoms with Crippen molar-refractivity contribution in [3.8, 4) is 11.5 Å². The Morgan fingerprint density at radius 2 is 0.861 bits per heavy atom. The largest absolute Gasteiger partial charge is 0.507 e. The Morgan fingerprint density at radius 1 is 0.500 bits per heavy atom. The monoisotopic (exact) mass is 474 g/mol. The van der Waals surface area contributed by atoms with Crippen molar-refractivity contribution in [2.75, 3.05) is 0 Å². The van der Waals surface area contributed by atoms with Gasteiger partial charge in [-0.15, -0.1) is 0 Å². The first-order valence-corrected chi connectivity index (χ1v) is 12.5. The zero-order valence-corrected chi connectivity index (χ0v) is 20.2. The van der Waals surface area contributed by atoms with Crippen LogP contribution in [0.2, 0.25) is 0 Å². The molecular formula is C32H30N2O2. The van der Waals surface area contributed by atoms with Crippen LogP contribution in [0.4, 0.5) is 0 Å². The summed E-state index contributed by atoms with van der Waals surface area (Å²) in [6.45, 7) is 0. The van der Waals surface area contributed by atoms with Gasteiger partial charge in [0.15, 0.2) is 0 Å². The Kier molecular flexibility index (Phi) is 7.23. The van der Waals surface area contributed by atoms with Gasteiger partial charge in [-0.25, -0.2) is 0 Å². The van der Waals surface area contributed by atoms with E-state index >= 15 is 0 Å². The van der Waals surface area contributed by atoms with Crippen LogP contribution in [0.15, 0.2) is 119 Å². The lowest BCUT2D eigenvalue weighted by Crippen LogP contribution is -2.30. The molecule has 4 aromatic carbocycles. The minimum Gasteiger partial charge on any atom is -0.507 e. The second-order valence-electron chi connectivity index (χ2n) is 9.14. The Bertz CT molecular complexity index is 1260. The number of hydrogen-bond donors (Lipinski definition) is 2. The van der Waals surface area contributed by atoms with Crippen molar-refractivity contribution in [2.45, 2.75) is 37.8 Å². The third kappa shape index (κ3) is 5.23. The summed E-state index contributed by atoms with van der Waals surface area (Å²) < 4.78 is 0. The summed E-state index contributed by atoms with van der Waals surface area (Å²) in [6.07, 6.45) is 4.00. The van der Waals surface area contributed by atoms with Crippen molar-refractivity contribution in [1.29, 1.82) is 0 Å². The minimum absolute atomic E-state index is 0.0434. The van der Waals surface area contributed by atoms with E-state index in [9.17, 15) is 10.2 Å². The van der Waals surface area contributed by atoms with Crippen LogP contribution in [0.25, 0.3) is 0 Å². The summed E-state index contributed by atoms with van der Waals surface area (Å²) in [5.74, 6) is 0.435. The Labute approximate surface area is 212 Å². The first kappa shape index (κ1) is 23.6. The molecule has 4 heteroatoms. The van der Waals surface area contributed by atoms with E-state index in [1.165, 1.54) is 0 Å². The van der Waals surface area contributed by atoms with Crippen LogP contribution in [-0.2, 0) is 0 Å². The van der Waals surface area contributed by atoms with Crippen molar-refractivity contribution < 1.29 is 10.2 Å². The summed E-state index contributed by atoms with van der Waals surface area (Å²) in [5, 5.41) is 21.3. The molecule has 0 spiro atoms. The molecule has 1 fully saturated rings. The summed E-state index contributed by atoms with van der Waals surface area (Å²) in [7, 11) is 0. The molecule has 1 aliphatic rings. The summed E-state index contributed by atoms with van der Waals surface area (Å²) >= 11 is 0.